The highest BCUT2D eigenvalue weighted by atomic mass is 79.9. The fraction of sp³-hybridized carbons (Fsp3) is 0.417. The number of carbonyl (C=O) groups excluding carboxylic acids is 2. The molecule has 0 aliphatic carbocycles. The molecule has 33 heavy (non-hydrogen) atoms. The minimum Gasteiger partial charge on any atom is -0.352 e. The molecule has 0 saturated carbocycles. The highest BCUT2D eigenvalue weighted by Crippen LogP contribution is 2.28. The molecule has 2 aromatic carbocycles. The Morgan fingerprint density at radius 2 is 1.67 bits per heavy atom. The van der Waals surface area contributed by atoms with Gasteiger partial charge in [0.1, 0.15) is 12.6 Å². The number of rotatable bonds is 10. The van der Waals surface area contributed by atoms with Gasteiger partial charge in [-0.15, -0.1) is 0 Å². The van der Waals surface area contributed by atoms with Crippen LogP contribution in [0.5, 0.6) is 0 Å². The zero-order valence-electron chi connectivity index (χ0n) is 19.7. The van der Waals surface area contributed by atoms with Crippen molar-refractivity contribution >= 4 is 43.5 Å². The molecule has 2 aromatic rings. The van der Waals surface area contributed by atoms with E-state index in [1.54, 1.807) is 31.2 Å². The lowest BCUT2D eigenvalue weighted by Gasteiger charge is -2.32. The van der Waals surface area contributed by atoms with Crippen LogP contribution in [0.15, 0.2) is 53.0 Å². The summed E-state index contributed by atoms with van der Waals surface area (Å²) in [5, 5.41) is 2.92. The van der Waals surface area contributed by atoms with Gasteiger partial charge in [-0.05, 0) is 66.4 Å². The van der Waals surface area contributed by atoms with Gasteiger partial charge in [0.15, 0.2) is 0 Å². The van der Waals surface area contributed by atoms with Crippen LogP contribution in [0.25, 0.3) is 0 Å². The number of para-hydroxylation sites is 1. The molecule has 9 heteroatoms. The SMILES string of the molecule is CC[C@H](C)NC(=O)[C@@H](C)N(Cc1ccccc1C)C(=O)CN(c1ccccc1Br)S(C)(=O)=O. The van der Waals surface area contributed by atoms with Crippen molar-refractivity contribution < 1.29 is 18.0 Å². The van der Waals surface area contributed by atoms with Crippen molar-refractivity contribution in [1.82, 2.24) is 10.2 Å². The molecule has 0 heterocycles. The Balaban J connectivity index is 2.41. The molecule has 0 aromatic heterocycles. The van der Waals surface area contributed by atoms with Gasteiger partial charge >= 0.3 is 0 Å². The maximum Gasteiger partial charge on any atom is 0.244 e. The molecule has 180 valence electrons. The first kappa shape index (κ1) is 26.9. The highest BCUT2D eigenvalue weighted by Gasteiger charge is 2.31. The van der Waals surface area contributed by atoms with Crippen molar-refractivity contribution in [2.24, 2.45) is 0 Å². The first-order valence-corrected chi connectivity index (χ1v) is 13.5. The average molecular weight is 539 g/mol. The van der Waals surface area contributed by atoms with E-state index in [1.807, 2.05) is 45.0 Å². The van der Waals surface area contributed by atoms with Crippen molar-refractivity contribution in [3.63, 3.8) is 0 Å². The lowest BCUT2D eigenvalue weighted by molar-refractivity contribution is -0.139. The number of benzene rings is 2. The molecule has 7 nitrogen and oxygen atoms in total. The Hall–Kier alpha value is -2.39. The topological polar surface area (TPSA) is 86.8 Å². The van der Waals surface area contributed by atoms with Gasteiger partial charge in [-0.2, -0.15) is 0 Å². The molecule has 0 bridgehead atoms. The molecular weight excluding hydrogens is 506 g/mol. The molecule has 2 amide bonds. The fourth-order valence-electron chi connectivity index (χ4n) is 3.27. The molecule has 2 rings (SSSR count). The largest absolute Gasteiger partial charge is 0.352 e. The lowest BCUT2D eigenvalue weighted by Crippen LogP contribution is -2.52. The summed E-state index contributed by atoms with van der Waals surface area (Å²) in [6.07, 6.45) is 1.82. The lowest BCUT2D eigenvalue weighted by atomic mass is 10.1. The Bertz CT molecular complexity index is 1090. The highest BCUT2D eigenvalue weighted by molar-refractivity contribution is 9.10. The number of anilines is 1. The summed E-state index contributed by atoms with van der Waals surface area (Å²) in [6, 6.07) is 13.6. The summed E-state index contributed by atoms with van der Waals surface area (Å²) in [5.74, 6) is -0.746. The summed E-state index contributed by atoms with van der Waals surface area (Å²) >= 11 is 3.37. The van der Waals surface area contributed by atoms with E-state index in [9.17, 15) is 18.0 Å². The smallest absolute Gasteiger partial charge is 0.244 e. The Morgan fingerprint density at radius 1 is 1.06 bits per heavy atom. The van der Waals surface area contributed by atoms with Crippen LogP contribution in [0.4, 0.5) is 5.69 Å². The number of sulfonamides is 1. The van der Waals surface area contributed by atoms with E-state index in [0.717, 1.165) is 28.1 Å². The maximum absolute atomic E-state index is 13.5. The second-order valence-electron chi connectivity index (χ2n) is 8.16. The summed E-state index contributed by atoms with van der Waals surface area (Å²) in [6.45, 7) is 7.23. The van der Waals surface area contributed by atoms with Gasteiger partial charge in [0, 0.05) is 17.1 Å². The normalized spacial score (nSPS) is 13.2. The predicted octanol–water partition coefficient (Wildman–Crippen LogP) is 3.86. The number of amides is 2. The predicted molar refractivity (Wildman–Crippen MR) is 135 cm³/mol. The van der Waals surface area contributed by atoms with Gasteiger partial charge in [-0.3, -0.25) is 13.9 Å². The number of halogens is 1. The van der Waals surface area contributed by atoms with Crippen LogP contribution >= 0.6 is 15.9 Å². The first-order chi connectivity index (χ1) is 15.5. The third-order valence-electron chi connectivity index (χ3n) is 5.57. The Morgan fingerprint density at radius 3 is 2.24 bits per heavy atom. The van der Waals surface area contributed by atoms with Crippen molar-refractivity contribution in [1.29, 1.82) is 0 Å². The second kappa shape index (κ2) is 11.7. The summed E-state index contributed by atoms with van der Waals surface area (Å²) in [5.41, 5.74) is 2.23. The van der Waals surface area contributed by atoms with E-state index in [2.05, 4.69) is 21.2 Å². The average Bonchev–Trinajstić information content (AvgIpc) is 2.76. The summed E-state index contributed by atoms with van der Waals surface area (Å²) in [4.78, 5) is 27.9. The monoisotopic (exact) mass is 537 g/mol. The zero-order valence-corrected chi connectivity index (χ0v) is 22.1. The van der Waals surface area contributed by atoms with Crippen molar-refractivity contribution in [2.75, 3.05) is 17.1 Å². The molecule has 0 spiro atoms. The first-order valence-electron chi connectivity index (χ1n) is 10.8. The summed E-state index contributed by atoms with van der Waals surface area (Å²) < 4.78 is 26.8. The molecule has 0 aliphatic heterocycles. The van der Waals surface area contributed by atoms with E-state index in [1.165, 1.54) is 4.90 Å². The van der Waals surface area contributed by atoms with Gasteiger partial charge in [0.2, 0.25) is 21.8 Å². The Kier molecular flexibility index (Phi) is 9.48. The fourth-order valence-corrected chi connectivity index (χ4v) is 4.75. The molecule has 0 unspecified atom stereocenters. The van der Waals surface area contributed by atoms with E-state index in [0.29, 0.717) is 10.2 Å². The van der Waals surface area contributed by atoms with Crippen molar-refractivity contribution in [3.8, 4) is 0 Å². The van der Waals surface area contributed by atoms with Crippen LogP contribution in [0.2, 0.25) is 0 Å². The van der Waals surface area contributed by atoms with Gasteiger partial charge in [0.05, 0.1) is 11.9 Å². The van der Waals surface area contributed by atoms with Gasteiger partial charge in [-0.1, -0.05) is 43.3 Å². The van der Waals surface area contributed by atoms with Crippen LogP contribution in [0, 0.1) is 6.92 Å². The van der Waals surface area contributed by atoms with Crippen LogP contribution in [0.1, 0.15) is 38.3 Å². The zero-order chi connectivity index (χ0) is 24.8. The number of carbonyl (C=O) groups is 2. The summed E-state index contributed by atoms with van der Waals surface area (Å²) in [7, 11) is -3.76. The van der Waals surface area contributed by atoms with Crippen LogP contribution in [-0.4, -0.2) is 50.0 Å². The van der Waals surface area contributed by atoms with Gasteiger partial charge in [-0.25, -0.2) is 8.42 Å². The van der Waals surface area contributed by atoms with Crippen LogP contribution in [-0.2, 0) is 26.2 Å². The molecular formula is C24H32BrN3O4S. The van der Waals surface area contributed by atoms with E-state index in [4.69, 9.17) is 0 Å². The molecule has 0 radical (unpaired) electrons. The quantitative estimate of drug-likeness (QED) is 0.498. The number of aryl methyl sites for hydroxylation is 1. The minimum absolute atomic E-state index is 0.0387. The van der Waals surface area contributed by atoms with E-state index in [-0.39, 0.29) is 18.5 Å². The molecule has 0 fully saturated rings. The third-order valence-corrected chi connectivity index (χ3v) is 7.37. The maximum atomic E-state index is 13.5. The number of nitrogens with zero attached hydrogens (tertiary/aromatic N) is 2. The van der Waals surface area contributed by atoms with Gasteiger partial charge in [0.25, 0.3) is 0 Å². The van der Waals surface area contributed by atoms with Gasteiger partial charge < -0.3 is 10.2 Å². The minimum atomic E-state index is -3.76. The number of hydrogen-bond acceptors (Lipinski definition) is 4. The standard InChI is InChI=1S/C24H32BrN3O4S/c1-6-18(3)26-24(30)19(4)27(15-20-12-8-7-11-17(20)2)23(29)16-28(33(5,31)32)22-14-10-9-13-21(22)25/h7-14,18-19H,6,15-16H2,1-5H3,(H,26,30)/t18-,19+/m0/s1. The molecule has 1 N–H and O–H groups in total. The molecule has 0 saturated heterocycles. The molecule has 0 aliphatic rings. The second-order valence-corrected chi connectivity index (χ2v) is 10.9. The Labute approximate surface area is 205 Å². The number of hydrogen-bond donors (Lipinski definition) is 1. The molecule has 2 atom stereocenters. The third kappa shape index (κ3) is 7.30. The number of nitrogens with one attached hydrogen (secondary N) is 1. The van der Waals surface area contributed by atoms with Crippen molar-refractivity contribution in [3.05, 3.63) is 64.1 Å². The van der Waals surface area contributed by atoms with Crippen molar-refractivity contribution in [2.45, 2.75) is 52.7 Å². The van der Waals surface area contributed by atoms with Crippen LogP contribution < -0.4 is 9.62 Å². The van der Waals surface area contributed by atoms with E-state index < -0.39 is 28.5 Å². The van der Waals surface area contributed by atoms with Crippen LogP contribution in [0.3, 0.4) is 0 Å². The van der Waals surface area contributed by atoms with E-state index >= 15 is 0 Å².